The molecule has 0 aliphatic rings. The first-order chi connectivity index (χ1) is 4.24. The lowest BCUT2D eigenvalue weighted by molar-refractivity contribution is 1.10. The van der Waals surface area contributed by atoms with Crippen molar-refractivity contribution in [1.29, 1.82) is 0 Å². The van der Waals surface area contributed by atoms with Gasteiger partial charge in [0.1, 0.15) is 0 Å². The van der Waals surface area contributed by atoms with Gasteiger partial charge < -0.3 is 5.73 Å². The first-order valence-corrected chi connectivity index (χ1v) is 4.30. The SMILES string of the molecule is Cc1cc(CN)sc1Br.Cl. The summed E-state index contributed by atoms with van der Waals surface area (Å²) in [5, 5.41) is 0. The van der Waals surface area contributed by atoms with Crippen LogP contribution in [0.15, 0.2) is 9.85 Å². The Kier molecular flexibility index (Phi) is 4.52. The summed E-state index contributed by atoms with van der Waals surface area (Å²) in [7, 11) is 0. The Morgan fingerprint density at radius 2 is 2.30 bits per heavy atom. The molecule has 1 aromatic heterocycles. The fourth-order valence-electron chi connectivity index (χ4n) is 0.624. The molecule has 0 aliphatic carbocycles. The van der Waals surface area contributed by atoms with Crippen molar-refractivity contribution in [3.8, 4) is 0 Å². The van der Waals surface area contributed by atoms with Crippen LogP contribution in [0.1, 0.15) is 10.4 Å². The maximum Gasteiger partial charge on any atom is 0.0730 e. The average Bonchev–Trinajstić information content (AvgIpc) is 2.13. The molecule has 0 bridgehead atoms. The number of thiophene rings is 1. The minimum absolute atomic E-state index is 0. The van der Waals surface area contributed by atoms with Gasteiger partial charge >= 0.3 is 0 Å². The van der Waals surface area contributed by atoms with Crippen LogP contribution in [-0.4, -0.2) is 0 Å². The van der Waals surface area contributed by atoms with Gasteiger partial charge in [0.2, 0.25) is 0 Å². The molecule has 0 radical (unpaired) electrons. The van der Waals surface area contributed by atoms with E-state index in [1.165, 1.54) is 14.2 Å². The number of halogens is 2. The average molecular weight is 243 g/mol. The van der Waals surface area contributed by atoms with Gasteiger partial charge in [0.15, 0.2) is 0 Å². The molecule has 0 aliphatic heterocycles. The van der Waals surface area contributed by atoms with E-state index < -0.39 is 0 Å². The number of hydrogen-bond acceptors (Lipinski definition) is 2. The van der Waals surface area contributed by atoms with Crippen LogP contribution in [0.5, 0.6) is 0 Å². The minimum Gasteiger partial charge on any atom is -0.326 e. The van der Waals surface area contributed by atoms with Crippen molar-refractivity contribution in [3.05, 3.63) is 20.3 Å². The van der Waals surface area contributed by atoms with E-state index in [0.29, 0.717) is 6.54 Å². The van der Waals surface area contributed by atoms with Gasteiger partial charge in [-0.3, -0.25) is 0 Å². The molecule has 1 aromatic rings. The number of aryl methyl sites for hydroxylation is 1. The zero-order chi connectivity index (χ0) is 6.85. The first-order valence-electron chi connectivity index (χ1n) is 2.69. The highest BCUT2D eigenvalue weighted by Crippen LogP contribution is 2.26. The van der Waals surface area contributed by atoms with E-state index in [1.807, 2.05) is 0 Å². The third kappa shape index (κ3) is 2.23. The Morgan fingerprint density at radius 3 is 2.50 bits per heavy atom. The largest absolute Gasteiger partial charge is 0.326 e. The van der Waals surface area contributed by atoms with Crippen molar-refractivity contribution >= 4 is 39.7 Å². The summed E-state index contributed by atoms with van der Waals surface area (Å²) < 4.78 is 1.20. The van der Waals surface area contributed by atoms with Crippen LogP contribution < -0.4 is 5.73 Å². The standard InChI is InChI=1S/C6H8BrNS.ClH/c1-4-2-5(3-8)9-6(4)7;/h2H,3,8H2,1H3;1H. The van der Waals surface area contributed by atoms with Crippen LogP contribution in [0.25, 0.3) is 0 Å². The number of hydrogen-bond donors (Lipinski definition) is 1. The lowest BCUT2D eigenvalue weighted by Crippen LogP contribution is -1.91. The fraction of sp³-hybridized carbons (Fsp3) is 0.333. The quantitative estimate of drug-likeness (QED) is 0.805. The Balaban J connectivity index is 0.000000810. The zero-order valence-corrected chi connectivity index (χ0v) is 8.78. The molecule has 58 valence electrons. The van der Waals surface area contributed by atoms with Crippen molar-refractivity contribution in [1.82, 2.24) is 0 Å². The molecule has 0 saturated heterocycles. The van der Waals surface area contributed by atoms with Gasteiger partial charge in [-0.05, 0) is 34.5 Å². The highest BCUT2D eigenvalue weighted by atomic mass is 79.9. The van der Waals surface area contributed by atoms with E-state index in [2.05, 4.69) is 28.9 Å². The molecule has 0 saturated carbocycles. The van der Waals surface area contributed by atoms with Gasteiger partial charge in [-0.15, -0.1) is 23.7 Å². The molecule has 4 heteroatoms. The minimum atomic E-state index is 0. The molecular formula is C6H9BrClNS. The summed E-state index contributed by atoms with van der Waals surface area (Å²) in [5.74, 6) is 0. The lowest BCUT2D eigenvalue weighted by Gasteiger charge is -1.80. The molecule has 2 N–H and O–H groups in total. The van der Waals surface area contributed by atoms with Gasteiger partial charge in [0, 0.05) is 11.4 Å². The third-order valence-corrected chi connectivity index (χ3v) is 3.27. The summed E-state index contributed by atoms with van der Waals surface area (Å²) in [6.45, 7) is 2.72. The fourth-order valence-corrected chi connectivity index (χ4v) is 2.13. The molecule has 0 aromatic carbocycles. The van der Waals surface area contributed by atoms with E-state index in [-0.39, 0.29) is 12.4 Å². The Hall–Kier alpha value is 0.430. The van der Waals surface area contributed by atoms with E-state index in [9.17, 15) is 0 Å². The molecule has 0 atom stereocenters. The first kappa shape index (κ1) is 10.4. The van der Waals surface area contributed by atoms with Crippen molar-refractivity contribution in [2.24, 2.45) is 5.73 Å². The predicted molar refractivity (Wildman–Crippen MR) is 51.9 cm³/mol. The highest BCUT2D eigenvalue weighted by molar-refractivity contribution is 9.11. The molecular weight excluding hydrogens is 233 g/mol. The summed E-state index contributed by atoms with van der Waals surface area (Å²) in [5.41, 5.74) is 6.70. The Morgan fingerprint density at radius 1 is 1.70 bits per heavy atom. The van der Waals surface area contributed by atoms with E-state index in [0.717, 1.165) is 0 Å². The second-order valence-corrected chi connectivity index (χ2v) is 4.33. The van der Waals surface area contributed by atoms with Crippen LogP contribution in [0.2, 0.25) is 0 Å². The third-order valence-electron chi connectivity index (χ3n) is 1.11. The number of nitrogens with two attached hydrogens (primary N) is 1. The highest BCUT2D eigenvalue weighted by Gasteiger charge is 1.98. The summed E-state index contributed by atoms with van der Waals surface area (Å²) >= 11 is 5.13. The van der Waals surface area contributed by atoms with Crippen LogP contribution in [0.4, 0.5) is 0 Å². The van der Waals surface area contributed by atoms with Crippen molar-refractivity contribution in [3.63, 3.8) is 0 Å². The van der Waals surface area contributed by atoms with E-state index in [4.69, 9.17) is 5.73 Å². The molecule has 0 unspecified atom stereocenters. The van der Waals surface area contributed by atoms with Crippen LogP contribution in [-0.2, 0) is 6.54 Å². The molecule has 0 amide bonds. The summed E-state index contributed by atoms with van der Waals surface area (Å²) in [4.78, 5) is 1.24. The van der Waals surface area contributed by atoms with E-state index >= 15 is 0 Å². The smallest absolute Gasteiger partial charge is 0.0730 e. The second kappa shape index (κ2) is 4.34. The summed E-state index contributed by atoms with van der Waals surface area (Å²) in [6.07, 6.45) is 0. The maximum absolute atomic E-state index is 5.42. The molecule has 0 spiro atoms. The van der Waals surface area contributed by atoms with Crippen LogP contribution >= 0.6 is 39.7 Å². The topological polar surface area (TPSA) is 26.0 Å². The normalized spacial score (nSPS) is 9.10. The van der Waals surface area contributed by atoms with Crippen molar-refractivity contribution < 1.29 is 0 Å². The molecule has 10 heavy (non-hydrogen) atoms. The van der Waals surface area contributed by atoms with Gasteiger partial charge in [0.25, 0.3) is 0 Å². The number of rotatable bonds is 1. The molecule has 0 fully saturated rings. The zero-order valence-electron chi connectivity index (χ0n) is 5.56. The van der Waals surface area contributed by atoms with E-state index in [1.54, 1.807) is 11.3 Å². The Labute approximate surface area is 79.2 Å². The molecule has 1 nitrogen and oxygen atoms in total. The monoisotopic (exact) mass is 241 g/mol. The van der Waals surface area contributed by atoms with Crippen molar-refractivity contribution in [2.45, 2.75) is 13.5 Å². The lowest BCUT2D eigenvalue weighted by atomic mass is 10.3. The second-order valence-electron chi connectivity index (χ2n) is 1.87. The molecule has 1 heterocycles. The van der Waals surface area contributed by atoms with Gasteiger partial charge in [-0.2, -0.15) is 0 Å². The van der Waals surface area contributed by atoms with Crippen molar-refractivity contribution in [2.75, 3.05) is 0 Å². The van der Waals surface area contributed by atoms with Crippen LogP contribution in [0, 0.1) is 6.92 Å². The van der Waals surface area contributed by atoms with Crippen LogP contribution in [0.3, 0.4) is 0 Å². The predicted octanol–water partition coefficient (Wildman–Crippen LogP) is 2.70. The van der Waals surface area contributed by atoms with Gasteiger partial charge in [0.05, 0.1) is 3.79 Å². The van der Waals surface area contributed by atoms with Gasteiger partial charge in [-0.25, -0.2) is 0 Å². The molecule has 1 rings (SSSR count). The maximum atomic E-state index is 5.42. The summed E-state index contributed by atoms with van der Waals surface area (Å²) in [6, 6.07) is 2.11. The van der Waals surface area contributed by atoms with Gasteiger partial charge in [-0.1, -0.05) is 0 Å². The Bertz CT molecular complexity index is 192.